The molecule has 2 aromatic carbocycles. The Morgan fingerprint density at radius 3 is 2.46 bits per heavy atom. The fourth-order valence-corrected chi connectivity index (χ4v) is 4.16. The molecule has 0 fully saturated rings. The van der Waals surface area contributed by atoms with E-state index in [1.54, 1.807) is 55.5 Å². The van der Waals surface area contributed by atoms with Crippen LogP contribution in [0.15, 0.2) is 64.2 Å². The molecule has 4 nitrogen and oxygen atoms in total. The van der Waals surface area contributed by atoms with Gasteiger partial charge in [-0.05, 0) is 34.5 Å². The molecule has 0 saturated carbocycles. The number of rotatable bonds is 7. The molecular weight excluding hydrogens is 366 g/mol. The van der Waals surface area contributed by atoms with E-state index in [1.165, 1.54) is 5.56 Å². The summed E-state index contributed by atoms with van der Waals surface area (Å²) in [4.78, 5) is 13.7. The van der Waals surface area contributed by atoms with Gasteiger partial charge in [0.2, 0.25) is 0 Å². The van der Waals surface area contributed by atoms with Crippen LogP contribution in [0.25, 0.3) is 0 Å². The summed E-state index contributed by atoms with van der Waals surface area (Å²) in [5, 5.41) is 7.11. The van der Waals surface area contributed by atoms with Gasteiger partial charge < -0.3 is 14.8 Å². The quantitative estimate of drug-likeness (QED) is 0.560. The summed E-state index contributed by atoms with van der Waals surface area (Å²) in [5.41, 5.74) is 2.53. The number of nitrogens with one attached hydrogen (secondary N) is 1. The lowest BCUT2D eigenvalue weighted by atomic mass is 10.2. The molecule has 0 bridgehead atoms. The predicted octanol–water partition coefficient (Wildman–Crippen LogP) is 5.31. The van der Waals surface area contributed by atoms with Crippen molar-refractivity contribution in [3.05, 3.63) is 70.4 Å². The number of methoxy groups -OCH3 is 2. The van der Waals surface area contributed by atoms with Gasteiger partial charge in [-0.25, -0.2) is 0 Å². The molecule has 0 aliphatic carbocycles. The molecule has 3 aromatic rings. The van der Waals surface area contributed by atoms with E-state index in [1.807, 2.05) is 24.3 Å². The first-order chi connectivity index (χ1) is 12.7. The van der Waals surface area contributed by atoms with E-state index in [4.69, 9.17) is 9.47 Å². The van der Waals surface area contributed by atoms with Crippen molar-refractivity contribution in [1.29, 1.82) is 0 Å². The fraction of sp³-hybridized carbons (Fsp3) is 0.150. The second kappa shape index (κ2) is 8.78. The molecule has 3 rings (SSSR count). The number of thiophene rings is 1. The zero-order valence-corrected chi connectivity index (χ0v) is 16.2. The highest BCUT2D eigenvalue weighted by Crippen LogP contribution is 2.29. The van der Waals surface area contributed by atoms with E-state index >= 15 is 0 Å². The lowest BCUT2D eigenvalue weighted by Gasteiger charge is -2.12. The van der Waals surface area contributed by atoms with Gasteiger partial charge in [0.25, 0.3) is 5.91 Å². The normalized spacial score (nSPS) is 10.4. The summed E-state index contributed by atoms with van der Waals surface area (Å²) in [6, 6.07) is 15.0. The Morgan fingerprint density at radius 1 is 1.08 bits per heavy atom. The first-order valence-electron chi connectivity index (χ1n) is 7.97. The van der Waals surface area contributed by atoms with E-state index in [2.05, 4.69) is 22.1 Å². The smallest absolute Gasteiger partial charge is 0.256 e. The van der Waals surface area contributed by atoms with Crippen molar-refractivity contribution in [3.8, 4) is 11.5 Å². The second-order valence-electron chi connectivity index (χ2n) is 5.47. The van der Waals surface area contributed by atoms with E-state index in [9.17, 15) is 4.79 Å². The topological polar surface area (TPSA) is 47.6 Å². The van der Waals surface area contributed by atoms with Crippen LogP contribution in [0.4, 0.5) is 5.69 Å². The molecule has 0 unspecified atom stereocenters. The van der Waals surface area contributed by atoms with Gasteiger partial charge in [-0.1, -0.05) is 12.1 Å². The van der Waals surface area contributed by atoms with Crippen LogP contribution in [-0.4, -0.2) is 20.1 Å². The number of carbonyl (C=O) groups is 1. The van der Waals surface area contributed by atoms with Crippen LogP contribution in [0.1, 0.15) is 15.9 Å². The van der Waals surface area contributed by atoms with Crippen LogP contribution in [0, 0.1) is 0 Å². The molecule has 1 N–H and O–H groups in total. The maximum Gasteiger partial charge on any atom is 0.256 e. The second-order valence-corrected chi connectivity index (χ2v) is 7.27. The molecule has 1 aromatic heterocycles. The molecule has 0 atom stereocenters. The number of carbonyl (C=O) groups excluding carboxylic acids is 1. The zero-order valence-electron chi connectivity index (χ0n) is 14.5. The lowest BCUT2D eigenvalue weighted by Crippen LogP contribution is -2.13. The van der Waals surface area contributed by atoms with Gasteiger partial charge in [-0.2, -0.15) is 11.3 Å². The first kappa shape index (κ1) is 18.4. The van der Waals surface area contributed by atoms with E-state index in [-0.39, 0.29) is 5.91 Å². The molecule has 1 amide bonds. The number of amides is 1. The van der Waals surface area contributed by atoms with Gasteiger partial charge >= 0.3 is 0 Å². The molecule has 1 heterocycles. The molecule has 134 valence electrons. The number of anilines is 1. The van der Waals surface area contributed by atoms with Crippen molar-refractivity contribution in [2.75, 3.05) is 19.5 Å². The number of hydrogen-bond acceptors (Lipinski definition) is 5. The van der Waals surface area contributed by atoms with Gasteiger partial charge in [-0.15, -0.1) is 11.8 Å². The van der Waals surface area contributed by atoms with Crippen LogP contribution in [0.2, 0.25) is 0 Å². The maximum absolute atomic E-state index is 12.8. The number of ether oxygens (including phenoxy) is 2. The standard InChI is InChI=1S/C20H19NO3S2/c1-23-16-9-15(10-17(11-16)24-2)21-20(22)18-5-3-4-6-19(18)26-13-14-7-8-25-12-14/h3-12H,13H2,1-2H3,(H,21,22). The SMILES string of the molecule is COc1cc(NC(=O)c2ccccc2SCc2ccsc2)cc(OC)c1. The molecule has 0 aliphatic heterocycles. The van der Waals surface area contributed by atoms with Crippen LogP contribution in [0.5, 0.6) is 11.5 Å². The van der Waals surface area contributed by atoms with Crippen molar-refractivity contribution < 1.29 is 14.3 Å². The summed E-state index contributed by atoms with van der Waals surface area (Å²) in [6.07, 6.45) is 0. The highest BCUT2D eigenvalue weighted by Gasteiger charge is 2.13. The fourth-order valence-electron chi connectivity index (χ4n) is 2.39. The third kappa shape index (κ3) is 4.59. The summed E-state index contributed by atoms with van der Waals surface area (Å²) in [7, 11) is 3.16. The highest BCUT2D eigenvalue weighted by atomic mass is 32.2. The Hall–Kier alpha value is -2.44. The Kier molecular flexibility index (Phi) is 6.20. The largest absolute Gasteiger partial charge is 0.497 e. The Bertz CT molecular complexity index is 856. The van der Waals surface area contributed by atoms with Gasteiger partial charge in [0, 0.05) is 34.5 Å². The van der Waals surface area contributed by atoms with Crippen LogP contribution in [0.3, 0.4) is 0 Å². The lowest BCUT2D eigenvalue weighted by molar-refractivity contribution is 0.102. The summed E-state index contributed by atoms with van der Waals surface area (Å²) >= 11 is 3.33. The van der Waals surface area contributed by atoms with E-state index in [0.717, 1.165) is 10.6 Å². The van der Waals surface area contributed by atoms with Gasteiger partial charge in [0.15, 0.2) is 0 Å². The minimum absolute atomic E-state index is 0.159. The van der Waals surface area contributed by atoms with Crippen LogP contribution >= 0.6 is 23.1 Å². The van der Waals surface area contributed by atoms with Crippen LogP contribution in [-0.2, 0) is 5.75 Å². The van der Waals surface area contributed by atoms with Crippen LogP contribution < -0.4 is 14.8 Å². The van der Waals surface area contributed by atoms with Gasteiger partial charge in [0.1, 0.15) is 11.5 Å². The third-order valence-corrected chi connectivity index (χ3v) is 5.59. The summed E-state index contributed by atoms with van der Waals surface area (Å²) in [6.45, 7) is 0. The van der Waals surface area contributed by atoms with Gasteiger partial charge in [-0.3, -0.25) is 4.79 Å². The Labute approximate surface area is 161 Å². The van der Waals surface area contributed by atoms with Crippen molar-refractivity contribution in [1.82, 2.24) is 0 Å². The summed E-state index contributed by atoms with van der Waals surface area (Å²) in [5.74, 6) is 1.93. The molecule has 0 spiro atoms. The zero-order chi connectivity index (χ0) is 18.4. The van der Waals surface area contributed by atoms with Crippen molar-refractivity contribution in [3.63, 3.8) is 0 Å². The van der Waals surface area contributed by atoms with Crippen molar-refractivity contribution in [2.45, 2.75) is 10.6 Å². The molecule has 26 heavy (non-hydrogen) atoms. The molecular formula is C20H19NO3S2. The van der Waals surface area contributed by atoms with Crippen molar-refractivity contribution >= 4 is 34.7 Å². The molecule has 0 radical (unpaired) electrons. The van der Waals surface area contributed by atoms with E-state index < -0.39 is 0 Å². The Morgan fingerprint density at radius 2 is 1.81 bits per heavy atom. The van der Waals surface area contributed by atoms with Crippen molar-refractivity contribution in [2.24, 2.45) is 0 Å². The monoisotopic (exact) mass is 385 g/mol. The average molecular weight is 386 g/mol. The minimum Gasteiger partial charge on any atom is -0.497 e. The minimum atomic E-state index is -0.159. The highest BCUT2D eigenvalue weighted by molar-refractivity contribution is 7.98. The third-order valence-electron chi connectivity index (χ3n) is 3.72. The maximum atomic E-state index is 12.8. The molecule has 0 aliphatic rings. The van der Waals surface area contributed by atoms with E-state index in [0.29, 0.717) is 22.7 Å². The number of thioether (sulfide) groups is 1. The number of hydrogen-bond donors (Lipinski definition) is 1. The average Bonchev–Trinajstić information content (AvgIpc) is 3.19. The molecule has 6 heteroatoms. The number of benzene rings is 2. The molecule has 0 saturated heterocycles. The van der Waals surface area contributed by atoms with Gasteiger partial charge in [0.05, 0.1) is 19.8 Å². The first-order valence-corrected chi connectivity index (χ1v) is 9.90. The Balaban J connectivity index is 1.77. The predicted molar refractivity (Wildman–Crippen MR) is 108 cm³/mol. The summed E-state index contributed by atoms with van der Waals surface area (Å²) < 4.78 is 10.5.